The molecule has 1 heterocycles. The molecule has 0 spiro atoms. The lowest BCUT2D eigenvalue weighted by Gasteiger charge is -2.14. The molecule has 0 saturated carbocycles. The molecule has 1 unspecified atom stereocenters. The van der Waals surface area contributed by atoms with Crippen LogP contribution in [0.4, 0.5) is 0 Å². The zero-order valence-electron chi connectivity index (χ0n) is 9.79. The minimum Gasteiger partial charge on any atom is -0.352 e. The summed E-state index contributed by atoms with van der Waals surface area (Å²) in [7, 11) is 0. The minimum atomic E-state index is 0.0530. The second kappa shape index (κ2) is 4.96. The van der Waals surface area contributed by atoms with E-state index in [1.807, 2.05) is 27.7 Å². The van der Waals surface area contributed by atoms with Crippen LogP contribution in [0.5, 0.6) is 0 Å². The fourth-order valence-corrected chi connectivity index (χ4v) is 1.20. The third kappa shape index (κ3) is 3.08. The molecule has 4 nitrogen and oxygen atoms in total. The first-order valence-corrected chi connectivity index (χ1v) is 5.29. The number of hydrogen-bond acceptors (Lipinski definition) is 2. The number of aromatic nitrogens is 2. The summed E-state index contributed by atoms with van der Waals surface area (Å²) in [4.78, 5) is 11.6. The highest BCUT2D eigenvalue weighted by molar-refractivity contribution is 5.78. The van der Waals surface area contributed by atoms with Gasteiger partial charge >= 0.3 is 0 Å². The van der Waals surface area contributed by atoms with Gasteiger partial charge in [-0.05, 0) is 12.8 Å². The van der Waals surface area contributed by atoms with Crippen molar-refractivity contribution in [1.82, 2.24) is 15.5 Å². The van der Waals surface area contributed by atoms with Crippen LogP contribution >= 0.6 is 0 Å². The van der Waals surface area contributed by atoms with Crippen molar-refractivity contribution in [1.29, 1.82) is 0 Å². The van der Waals surface area contributed by atoms with E-state index >= 15 is 0 Å². The Hall–Kier alpha value is -1.32. The van der Waals surface area contributed by atoms with Crippen molar-refractivity contribution >= 4 is 5.91 Å². The van der Waals surface area contributed by atoms with Crippen LogP contribution in [0.15, 0.2) is 6.20 Å². The molecule has 0 aliphatic heterocycles. The molecular formula is C11H19N3O. The monoisotopic (exact) mass is 209 g/mol. The Morgan fingerprint density at radius 2 is 2.20 bits per heavy atom. The van der Waals surface area contributed by atoms with Crippen LogP contribution in [0.2, 0.25) is 0 Å². The van der Waals surface area contributed by atoms with Crippen molar-refractivity contribution in [3.63, 3.8) is 0 Å². The van der Waals surface area contributed by atoms with E-state index in [2.05, 4.69) is 15.5 Å². The Kier molecular flexibility index (Phi) is 3.88. The lowest BCUT2D eigenvalue weighted by atomic mass is 9.97. The summed E-state index contributed by atoms with van der Waals surface area (Å²) in [6.45, 7) is 8.54. The average Bonchev–Trinajstić information content (AvgIpc) is 2.59. The summed E-state index contributed by atoms with van der Waals surface area (Å²) in [5.41, 5.74) is 2.05. The van der Waals surface area contributed by atoms with Crippen LogP contribution in [0.3, 0.4) is 0 Å². The zero-order valence-corrected chi connectivity index (χ0v) is 9.79. The molecule has 0 saturated heterocycles. The van der Waals surface area contributed by atoms with E-state index in [1.165, 1.54) is 0 Å². The molecule has 4 heteroatoms. The van der Waals surface area contributed by atoms with Crippen LogP contribution in [0, 0.1) is 18.8 Å². The van der Waals surface area contributed by atoms with Gasteiger partial charge in [0, 0.05) is 23.7 Å². The molecule has 2 N–H and O–H groups in total. The molecule has 1 rings (SSSR count). The van der Waals surface area contributed by atoms with E-state index < -0.39 is 0 Å². The summed E-state index contributed by atoms with van der Waals surface area (Å²) >= 11 is 0. The number of rotatable bonds is 4. The van der Waals surface area contributed by atoms with Gasteiger partial charge in [0.1, 0.15) is 0 Å². The van der Waals surface area contributed by atoms with Crippen molar-refractivity contribution in [2.75, 3.05) is 0 Å². The standard InChI is InChI=1S/C11H19N3O/c1-7(2)8(3)11(15)12-5-10-6-13-14-9(10)4/h6-8H,5H2,1-4H3,(H,12,15)(H,13,14). The molecule has 0 aromatic carbocycles. The van der Waals surface area contributed by atoms with E-state index in [0.717, 1.165) is 11.3 Å². The van der Waals surface area contributed by atoms with Gasteiger partial charge < -0.3 is 5.32 Å². The molecule has 1 aromatic rings. The number of nitrogens with one attached hydrogen (secondary N) is 2. The molecule has 0 aliphatic carbocycles. The van der Waals surface area contributed by atoms with Gasteiger partial charge in [0.15, 0.2) is 0 Å². The summed E-state index contributed by atoms with van der Waals surface area (Å²) in [5.74, 6) is 0.526. The number of hydrogen-bond donors (Lipinski definition) is 2. The van der Waals surface area contributed by atoms with E-state index in [9.17, 15) is 4.79 Å². The normalized spacial score (nSPS) is 12.9. The molecule has 84 valence electrons. The Morgan fingerprint density at radius 3 is 2.67 bits per heavy atom. The first kappa shape index (κ1) is 11.8. The molecule has 0 aliphatic rings. The van der Waals surface area contributed by atoms with Crippen molar-refractivity contribution in [3.05, 3.63) is 17.5 Å². The highest BCUT2D eigenvalue weighted by Gasteiger charge is 2.16. The number of aromatic amines is 1. The highest BCUT2D eigenvalue weighted by atomic mass is 16.1. The number of aryl methyl sites for hydroxylation is 1. The summed E-state index contributed by atoms with van der Waals surface area (Å²) in [5, 5.41) is 9.65. The van der Waals surface area contributed by atoms with Gasteiger partial charge in [0.05, 0.1) is 6.20 Å². The van der Waals surface area contributed by atoms with Crippen molar-refractivity contribution in [2.24, 2.45) is 11.8 Å². The summed E-state index contributed by atoms with van der Waals surface area (Å²) in [6.07, 6.45) is 1.75. The second-order valence-electron chi connectivity index (χ2n) is 4.27. The topological polar surface area (TPSA) is 57.8 Å². The van der Waals surface area contributed by atoms with E-state index in [4.69, 9.17) is 0 Å². The molecule has 1 aromatic heterocycles. The third-order valence-corrected chi connectivity index (χ3v) is 2.80. The molecule has 0 bridgehead atoms. The Labute approximate surface area is 90.5 Å². The fourth-order valence-electron chi connectivity index (χ4n) is 1.20. The Bertz CT molecular complexity index is 330. The quantitative estimate of drug-likeness (QED) is 0.791. The predicted octanol–water partition coefficient (Wildman–Crippen LogP) is 1.63. The number of carbonyl (C=O) groups excluding carboxylic acids is 1. The van der Waals surface area contributed by atoms with Crippen LogP contribution in [-0.4, -0.2) is 16.1 Å². The molecule has 1 atom stereocenters. The number of H-pyrrole nitrogens is 1. The van der Waals surface area contributed by atoms with Gasteiger partial charge in [0.25, 0.3) is 0 Å². The van der Waals surface area contributed by atoms with E-state index in [1.54, 1.807) is 6.20 Å². The van der Waals surface area contributed by atoms with Crippen molar-refractivity contribution < 1.29 is 4.79 Å². The van der Waals surface area contributed by atoms with Crippen LogP contribution in [0.25, 0.3) is 0 Å². The number of amides is 1. The molecule has 0 fully saturated rings. The lowest BCUT2D eigenvalue weighted by molar-refractivity contribution is -0.125. The fraction of sp³-hybridized carbons (Fsp3) is 0.636. The molecule has 1 amide bonds. The van der Waals surface area contributed by atoms with Crippen molar-refractivity contribution in [3.8, 4) is 0 Å². The van der Waals surface area contributed by atoms with Gasteiger partial charge in [0.2, 0.25) is 5.91 Å². The lowest BCUT2D eigenvalue weighted by Crippen LogP contribution is -2.31. The first-order valence-electron chi connectivity index (χ1n) is 5.29. The van der Waals surface area contributed by atoms with Gasteiger partial charge in [-0.2, -0.15) is 5.10 Å². The summed E-state index contributed by atoms with van der Waals surface area (Å²) in [6, 6.07) is 0. The second-order valence-corrected chi connectivity index (χ2v) is 4.27. The van der Waals surface area contributed by atoms with Gasteiger partial charge in [-0.3, -0.25) is 9.89 Å². The zero-order chi connectivity index (χ0) is 11.4. The van der Waals surface area contributed by atoms with E-state index in [0.29, 0.717) is 12.5 Å². The highest BCUT2D eigenvalue weighted by Crippen LogP contribution is 2.10. The van der Waals surface area contributed by atoms with Crippen LogP contribution in [-0.2, 0) is 11.3 Å². The van der Waals surface area contributed by atoms with Crippen molar-refractivity contribution in [2.45, 2.75) is 34.2 Å². The molecule has 15 heavy (non-hydrogen) atoms. The first-order chi connectivity index (χ1) is 7.02. The largest absolute Gasteiger partial charge is 0.352 e. The molecule has 0 radical (unpaired) electrons. The maximum absolute atomic E-state index is 11.6. The number of nitrogens with zero attached hydrogens (tertiary/aromatic N) is 1. The summed E-state index contributed by atoms with van der Waals surface area (Å²) < 4.78 is 0. The van der Waals surface area contributed by atoms with Gasteiger partial charge in [-0.1, -0.05) is 20.8 Å². The Balaban J connectivity index is 2.44. The average molecular weight is 209 g/mol. The molecular weight excluding hydrogens is 190 g/mol. The van der Waals surface area contributed by atoms with Crippen LogP contribution in [0.1, 0.15) is 32.0 Å². The minimum absolute atomic E-state index is 0.0530. The predicted molar refractivity (Wildman–Crippen MR) is 59.2 cm³/mol. The Morgan fingerprint density at radius 1 is 1.53 bits per heavy atom. The maximum atomic E-state index is 11.6. The smallest absolute Gasteiger partial charge is 0.223 e. The van der Waals surface area contributed by atoms with E-state index in [-0.39, 0.29) is 11.8 Å². The van der Waals surface area contributed by atoms with Gasteiger partial charge in [-0.15, -0.1) is 0 Å². The van der Waals surface area contributed by atoms with Gasteiger partial charge in [-0.25, -0.2) is 0 Å². The number of carbonyl (C=O) groups is 1. The van der Waals surface area contributed by atoms with Crippen LogP contribution < -0.4 is 5.32 Å². The SMILES string of the molecule is Cc1[nH]ncc1CNC(=O)C(C)C(C)C. The maximum Gasteiger partial charge on any atom is 0.223 e. The third-order valence-electron chi connectivity index (χ3n) is 2.80.